The fourth-order valence-electron chi connectivity index (χ4n) is 8.46. The molecule has 0 atom stereocenters. The molecule has 25 N–H and O–H groups in total. The minimum atomic E-state index is -1.72. The first-order chi connectivity index (χ1) is 30.3. The fraction of sp³-hybridized carbons (Fsp3) is 0. The van der Waals surface area contributed by atoms with Gasteiger partial charge in [0.05, 0.1) is 32.8 Å². The first-order valence-electron chi connectivity index (χ1n) is 17.6. The molecule has 0 aliphatic carbocycles. The van der Waals surface area contributed by atoms with Gasteiger partial charge in [-0.2, -0.15) is 0 Å². The van der Waals surface area contributed by atoms with Crippen LogP contribution in [-0.2, 0) is 0 Å². The minimum absolute atomic E-state index is 0.754. The third-order valence-corrected chi connectivity index (χ3v) is 11.4. The van der Waals surface area contributed by atoms with E-state index in [1.165, 1.54) is 0 Å². The van der Waals surface area contributed by atoms with E-state index in [-0.39, 0.29) is 0 Å². The smallest absolute Gasteiger partial charge is 0.206 e. The summed E-state index contributed by atoms with van der Waals surface area (Å²) in [7, 11) is 0. The van der Waals surface area contributed by atoms with Crippen molar-refractivity contribution in [2.75, 3.05) is 0 Å². The second-order valence-electron chi connectivity index (χ2n) is 14.5. The maximum atomic E-state index is 12.2. The lowest BCUT2D eigenvalue weighted by Gasteiger charge is -2.25. The minimum Gasteiger partial charge on any atom is -0.506 e. The molecule has 0 aliphatic heterocycles. The highest BCUT2D eigenvalue weighted by atomic mass is 16.4. The van der Waals surface area contributed by atoms with Crippen molar-refractivity contribution in [1.82, 2.24) is 4.98 Å². The summed E-state index contributed by atoms with van der Waals surface area (Å²) in [5.74, 6) is -37.8. The summed E-state index contributed by atoms with van der Waals surface area (Å²) in [5.41, 5.74) is -6.95. The molecule has 0 bridgehead atoms. The molecule has 1 heterocycles. The second-order valence-corrected chi connectivity index (χ2v) is 14.5. The molecule has 25 heteroatoms. The summed E-state index contributed by atoms with van der Waals surface area (Å²) >= 11 is 0. The molecule has 0 fully saturated rings. The van der Waals surface area contributed by atoms with Crippen LogP contribution in [0.2, 0.25) is 0 Å². The molecule has 0 amide bonds. The quantitative estimate of drug-likeness (QED) is 0.0500. The van der Waals surface area contributed by atoms with E-state index in [0.717, 1.165) is 0 Å². The van der Waals surface area contributed by atoms with Crippen molar-refractivity contribution in [3.05, 3.63) is 0 Å². The van der Waals surface area contributed by atoms with Gasteiger partial charge in [0, 0.05) is 54.4 Å². The molecule has 0 radical (unpaired) electrons. The molecule has 25 nitrogen and oxygen atoms in total. The second kappa shape index (κ2) is 12.2. The van der Waals surface area contributed by atoms with Crippen molar-refractivity contribution < 1.29 is 123 Å². The molecule has 65 heavy (non-hydrogen) atoms. The highest BCUT2D eigenvalue weighted by molar-refractivity contribution is 6.36. The van der Waals surface area contributed by atoms with Crippen molar-refractivity contribution in [3.63, 3.8) is 0 Å². The zero-order valence-electron chi connectivity index (χ0n) is 31.2. The molecular formula is C40H25NO24. The zero-order valence-corrected chi connectivity index (χ0v) is 31.2. The highest BCUT2D eigenvalue weighted by Gasteiger charge is 2.40. The zero-order chi connectivity index (χ0) is 47.8. The molecule has 0 saturated heterocycles. The average molecular weight is 904 g/mol. The van der Waals surface area contributed by atoms with Gasteiger partial charge in [0.2, 0.25) is 57.5 Å². The van der Waals surface area contributed by atoms with Crippen LogP contribution in [0.3, 0.4) is 0 Å². The number of H-pyrrole nitrogens is 1. The van der Waals surface area contributed by atoms with E-state index in [4.69, 9.17) is 0 Å². The van der Waals surface area contributed by atoms with Gasteiger partial charge in [0.25, 0.3) is 0 Å². The van der Waals surface area contributed by atoms with Crippen molar-refractivity contribution in [2.45, 2.75) is 0 Å². The molecule has 9 rings (SSSR count). The molecule has 0 spiro atoms. The Bertz CT molecular complexity index is 3740. The number of aromatic amines is 1. The molecule has 1 aromatic heterocycles. The Balaban J connectivity index is 1.68. The number of hydrogen-bond acceptors (Lipinski definition) is 24. The maximum Gasteiger partial charge on any atom is 0.206 e. The summed E-state index contributed by atoms with van der Waals surface area (Å²) in [6.07, 6.45) is 0. The van der Waals surface area contributed by atoms with Gasteiger partial charge in [-0.15, -0.1) is 0 Å². The van der Waals surface area contributed by atoms with Gasteiger partial charge in [-0.1, -0.05) is 0 Å². The van der Waals surface area contributed by atoms with Crippen LogP contribution >= 0.6 is 0 Å². The number of benzene rings is 8. The highest BCUT2D eigenvalue weighted by Crippen LogP contribution is 2.69. The van der Waals surface area contributed by atoms with Gasteiger partial charge >= 0.3 is 0 Å². The standard InChI is InChI=1S/C40H25NO24/c42-17-3(8-9(24(49)36(61)35(60)23(8)48)10-14(17)29(54)39(64)37(62)25(10)50)1-4-6(21(46)33(58)31(56)19(4)44)2(7-5(1)20(45)32(57)34(59)22(7)47)13-18(43)15-11(26(51)28(13)53)12-16(41-15)30(55)40(65)38(63)27(12)52/h41-65H. The fourth-order valence-corrected chi connectivity index (χ4v) is 8.46. The number of aromatic hydroxyl groups is 24. The lowest BCUT2D eigenvalue weighted by atomic mass is 9.80. The van der Waals surface area contributed by atoms with E-state index >= 15 is 0 Å². The number of aromatic nitrogens is 1. The molecular weight excluding hydrogens is 878 g/mol. The summed E-state index contributed by atoms with van der Waals surface area (Å²) in [5, 5.41) is 256. The van der Waals surface area contributed by atoms with Crippen molar-refractivity contribution >= 4 is 64.9 Å². The van der Waals surface area contributed by atoms with E-state index < -0.39 is 225 Å². The Kier molecular flexibility index (Phi) is 7.56. The number of phenols is 24. The monoisotopic (exact) mass is 903 g/mol. The van der Waals surface area contributed by atoms with Gasteiger partial charge in [0.1, 0.15) is 5.75 Å². The lowest BCUT2D eigenvalue weighted by molar-refractivity contribution is 0.348. The van der Waals surface area contributed by atoms with E-state index in [9.17, 15) is 123 Å². The largest absolute Gasteiger partial charge is 0.506 e. The van der Waals surface area contributed by atoms with Gasteiger partial charge < -0.3 is 128 Å². The predicted octanol–water partition coefficient (Wildman–Crippen LogP) is 4.20. The van der Waals surface area contributed by atoms with Crippen LogP contribution in [0.4, 0.5) is 0 Å². The Morgan fingerprint density at radius 1 is 0.138 bits per heavy atom. The summed E-state index contributed by atoms with van der Waals surface area (Å²) < 4.78 is 0. The van der Waals surface area contributed by atoms with Crippen LogP contribution < -0.4 is 0 Å². The lowest BCUT2D eigenvalue weighted by Crippen LogP contribution is -1.97. The first-order valence-corrected chi connectivity index (χ1v) is 17.6. The summed E-state index contributed by atoms with van der Waals surface area (Å²) in [4.78, 5) is 2.30. The normalized spacial score (nSPS) is 11.9. The van der Waals surface area contributed by atoms with Gasteiger partial charge in [-0.25, -0.2) is 0 Å². The van der Waals surface area contributed by atoms with E-state index in [2.05, 4.69) is 4.98 Å². The van der Waals surface area contributed by atoms with E-state index in [1.807, 2.05) is 0 Å². The number of hydrogen-bond donors (Lipinski definition) is 25. The molecule has 334 valence electrons. The van der Waals surface area contributed by atoms with Crippen LogP contribution in [0.25, 0.3) is 87.1 Å². The van der Waals surface area contributed by atoms with E-state index in [1.54, 1.807) is 0 Å². The van der Waals surface area contributed by atoms with Gasteiger partial charge in [-0.05, 0) is 0 Å². The van der Waals surface area contributed by atoms with Crippen LogP contribution in [0.5, 0.6) is 138 Å². The maximum absolute atomic E-state index is 12.2. The number of rotatable bonds is 2. The SMILES string of the molecule is Oc1c(O)c(O)c2c([nH]c3c(O)c(-c4c5c(O)c(O)c(O)c(O)c5c(-c5c(O)c6c(O)c(O)c(O)c(O)c6c6c(O)c(O)c(O)c(O)c56)c5c(O)c(O)c(O)c(O)c45)c(O)c(O)c32)c1O. The summed E-state index contributed by atoms with van der Waals surface area (Å²) in [6, 6.07) is 0. The van der Waals surface area contributed by atoms with Crippen molar-refractivity contribution in [3.8, 4) is 160 Å². The van der Waals surface area contributed by atoms with Gasteiger partial charge in [-0.3, -0.25) is 0 Å². The molecule has 0 aliphatic rings. The Morgan fingerprint density at radius 3 is 0.738 bits per heavy atom. The number of phenolic OH excluding ortho intramolecular Hbond substituents is 24. The number of fused-ring (bicyclic) bond motifs is 8. The molecule has 8 aromatic carbocycles. The Labute approximate surface area is 352 Å². The third kappa shape index (κ3) is 4.37. The number of nitrogens with one attached hydrogen (secondary N) is 1. The van der Waals surface area contributed by atoms with E-state index in [0.29, 0.717) is 0 Å². The predicted molar refractivity (Wildman–Crippen MR) is 217 cm³/mol. The summed E-state index contributed by atoms with van der Waals surface area (Å²) in [6.45, 7) is 0. The average Bonchev–Trinajstić information content (AvgIpc) is 3.69. The molecule has 0 unspecified atom stereocenters. The van der Waals surface area contributed by atoms with Crippen LogP contribution in [0.15, 0.2) is 0 Å². The van der Waals surface area contributed by atoms with Gasteiger partial charge in [0.15, 0.2) is 74.7 Å². The van der Waals surface area contributed by atoms with Crippen LogP contribution in [0.1, 0.15) is 0 Å². The Morgan fingerprint density at radius 2 is 0.369 bits per heavy atom. The van der Waals surface area contributed by atoms with Crippen LogP contribution in [-0.4, -0.2) is 128 Å². The molecule has 9 aromatic rings. The Hall–Kier alpha value is -10.2. The first kappa shape index (κ1) is 40.2. The van der Waals surface area contributed by atoms with Crippen LogP contribution in [0, 0.1) is 0 Å². The van der Waals surface area contributed by atoms with Crippen molar-refractivity contribution in [1.29, 1.82) is 0 Å². The third-order valence-electron chi connectivity index (χ3n) is 11.4. The topological polar surface area (TPSA) is 501 Å². The van der Waals surface area contributed by atoms with Crippen molar-refractivity contribution in [2.24, 2.45) is 0 Å². The molecule has 0 saturated carbocycles.